The van der Waals surface area contributed by atoms with Crippen LogP contribution in [-0.2, 0) is 42.9 Å². The summed E-state index contributed by atoms with van der Waals surface area (Å²) < 4.78 is 20.1. The van der Waals surface area contributed by atoms with Crippen molar-refractivity contribution in [3.05, 3.63) is 12.0 Å². The zero-order valence-corrected chi connectivity index (χ0v) is 27.0. The summed E-state index contributed by atoms with van der Waals surface area (Å²) in [6.07, 6.45) is 18.7. The van der Waals surface area contributed by atoms with Crippen molar-refractivity contribution in [1.82, 2.24) is 5.32 Å². The molecule has 43 heavy (non-hydrogen) atoms. The SMILES string of the molecule is CCCCCCCCCCCCCCCC(=O)NCCOC(=O)CCC(=O)O/C=C(/COC(=O)CCC)OC(=O)CCC. The summed E-state index contributed by atoms with van der Waals surface area (Å²) in [7, 11) is 0. The molecule has 0 spiro atoms. The fraction of sp³-hybridized carbons (Fsp3) is 0.788. The second-order valence-corrected chi connectivity index (χ2v) is 10.8. The summed E-state index contributed by atoms with van der Waals surface area (Å²) in [4.78, 5) is 59.3. The third kappa shape index (κ3) is 27.7. The summed E-state index contributed by atoms with van der Waals surface area (Å²) in [5.74, 6) is -2.54. The molecule has 0 aliphatic rings. The molecule has 0 unspecified atom stereocenters. The van der Waals surface area contributed by atoms with Crippen LogP contribution in [0.4, 0.5) is 0 Å². The number of rotatable bonds is 28. The fourth-order valence-corrected chi connectivity index (χ4v) is 4.13. The van der Waals surface area contributed by atoms with Gasteiger partial charge >= 0.3 is 23.9 Å². The monoisotopic (exact) mass is 611 g/mol. The quantitative estimate of drug-likeness (QED) is 0.0430. The van der Waals surface area contributed by atoms with Crippen LogP contribution in [0.1, 0.15) is 149 Å². The van der Waals surface area contributed by atoms with E-state index in [0.29, 0.717) is 19.3 Å². The van der Waals surface area contributed by atoms with Gasteiger partial charge in [-0.2, -0.15) is 0 Å². The summed E-state index contributed by atoms with van der Waals surface area (Å²) in [6.45, 7) is 5.74. The van der Waals surface area contributed by atoms with Gasteiger partial charge in [-0.1, -0.05) is 97.8 Å². The highest BCUT2D eigenvalue weighted by atomic mass is 16.6. The van der Waals surface area contributed by atoms with E-state index in [0.717, 1.165) is 25.5 Å². The van der Waals surface area contributed by atoms with Crippen LogP contribution in [0.2, 0.25) is 0 Å². The van der Waals surface area contributed by atoms with Crippen LogP contribution in [0.5, 0.6) is 0 Å². The van der Waals surface area contributed by atoms with Gasteiger partial charge in [0.25, 0.3) is 0 Å². The maximum atomic E-state index is 12.0. The Morgan fingerprint density at radius 1 is 0.535 bits per heavy atom. The summed E-state index contributed by atoms with van der Waals surface area (Å²) in [5.41, 5.74) is 0. The highest BCUT2D eigenvalue weighted by molar-refractivity contribution is 5.78. The first-order valence-corrected chi connectivity index (χ1v) is 16.5. The van der Waals surface area contributed by atoms with Crippen molar-refractivity contribution in [1.29, 1.82) is 0 Å². The van der Waals surface area contributed by atoms with Gasteiger partial charge in [0.05, 0.1) is 19.4 Å². The van der Waals surface area contributed by atoms with Gasteiger partial charge in [-0.3, -0.25) is 24.0 Å². The molecule has 0 saturated heterocycles. The molecule has 0 aromatic rings. The van der Waals surface area contributed by atoms with Crippen molar-refractivity contribution in [2.24, 2.45) is 0 Å². The van der Waals surface area contributed by atoms with Crippen LogP contribution in [0.3, 0.4) is 0 Å². The Labute approximate surface area is 259 Å². The molecule has 0 atom stereocenters. The molecule has 1 amide bonds. The summed E-state index contributed by atoms with van der Waals surface area (Å²) in [6, 6.07) is 0. The second kappa shape index (κ2) is 29.2. The lowest BCUT2D eigenvalue weighted by Gasteiger charge is -2.09. The molecule has 0 aliphatic heterocycles. The van der Waals surface area contributed by atoms with E-state index in [1.54, 1.807) is 6.92 Å². The van der Waals surface area contributed by atoms with Crippen LogP contribution in [0.15, 0.2) is 12.0 Å². The Hall–Kier alpha value is -2.91. The Balaban J connectivity index is 3.93. The van der Waals surface area contributed by atoms with Gasteiger partial charge in [0, 0.05) is 19.3 Å². The van der Waals surface area contributed by atoms with Gasteiger partial charge in [0.15, 0.2) is 12.4 Å². The Kier molecular flexibility index (Phi) is 27.2. The molecule has 0 radical (unpaired) electrons. The number of ether oxygens (including phenoxy) is 4. The zero-order chi connectivity index (χ0) is 32.0. The molecule has 0 aromatic heterocycles. The van der Waals surface area contributed by atoms with Gasteiger partial charge < -0.3 is 24.3 Å². The zero-order valence-electron chi connectivity index (χ0n) is 27.0. The number of nitrogens with one attached hydrogen (secondary N) is 1. The van der Waals surface area contributed by atoms with Gasteiger partial charge in [-0.15, -0.1) is 0 Å². The number of esters is 4. The summed E-state index contributed by atoms with van der Waals surface area (Å²) in [5, 5.41) is 2.74. The number of carbonyl (C=O) groups is 5. The highest BCUT2D eigenvalue weighted by Crippen LogP contribution is 2.13. The number of hydrogen-bond donors (Lipinski definition) is 1. The van der Waals surface area contributed by atoms with Crippen molar-refractivity contribution in [3.63, 3.8) is 0 Å². The van der Waals surface area contributed by atoms with Crippen LogP contribution in [-0.4, -0.2) is 49.5 Å². The molecular formula is C33H57NO9. The third-order valence-corrected chi connectivity index (χ3v) is 6.58. The molecule has 10 nitrogen and oxygen atoms in total. The van der Waals surface area contributed by atoms with E-state index in [2.05, 4.69) is 12.2 Å². The Morgan fingerprint density at radius 2 is 1.05 bits per heavy atom. The maximum Gasteiger partial charge on any atom is 0.311 e. The van der Waals surface area contributed by atoms with Crippen molar-refractivity contribution in [2.75, 3.05) is 19.8 Å². The normalized spacial score (nSPS) is 11.1. The predicted octanol–water partition coefficient (Wildman–Crippen LogP) is 6.98. The lowest BCUT2D eigenvalue weighted by molar-refractivity contribution is -0.149. The first-order chi connectivity index (χ1) is 20.8. The lowest BCUT2D eigenvalue weighted by Crippen LogP contribution is -2.27. The Morgan fingerprint density at radius 3 is 1.63 bits per heavy atom. The third-order valence-electron chi connectivity index (χ3n) is 6.58. The van der Waals surface area contributed by atoms with Gasteiger partial charge in [-0.05, 0) is 19.3 Å². The lowest BCUT2D eigenvalue weighted by atomic mass is 10.0. The van der Waals surface area contributed by atoms with E-state index in [9.17, 15) is 24.0 Å². The number of unbranched alkanes of at least 4 members (excludes halogenated alkanes) is 12. The molecule has 0 bridgehead atoms. The molecule has 0 aromatic carbocycles. The van der Waals surface area contributed by atoms with Crippen molar-refractivity contribution in [2.45, 2.75) is 149 Å². The molecule has 1 N–H and O–H groups in total. The average molecular weight is 612 g/mol. The molecule has 0 aliphatic carbocycles. The fourth-order valence-electron chi connectivity index (χ4n) is 4.13. The van der Waals surface area contributed by atoms with E-state index < -0.39 is 23.9 Å². The minimum absolute atomic E-state index is 0.0127. The minimum Gasteiger partial charge on any atom is -0.464 e. The largest absolute Gasteiger partial charge is 0.464 e. The number of amides is 1. The number of hydrogen-bond acceptors (Lipinski definition) is 9. The van der Waals surface area contributed by atoms with E-state index in [1.165, 1.54) is 64.2 Å². The topological polar surface area (TPSA) is 134 Å². The molecule has 0 rings (SSSR count). The van der Waals surface area contributed by atoms with E-state index in [1.807, 2.05) is 6.92 Å². The predicted molar refractivity (Wildman–Crippen MR) is 165 cm³/mol. The van der Waals surface area contributed by atoms with Crippen molar-refractivity contribution >= 4 is 29.8 Å². The first kappa shape index (κ1) is 40.1. The van der Waals surface area contributed by atoms with Gasteiger partial charge in [0.2, 0.25) is 5.91 Å². The van der Waals surface area contributed by atoms with E-state index >= 15 is 0 Å². The van der Waals surface area contributed by atoms with Gasteiger partial charge in [0.1, 0.15) is 12.9 Å². The minimum atomic E-state index is -0.744. The average Bonchev–Trinajstić information content (AvgIpc) is 2.98. The summed E-state index contributed by atoms with van der Waals surface area (Å²) >= 11 is 0. The Bertz CT molecular complexity index is 810. The standard InChI is InChI=1S/C33H57NO9/c1-4-7-8-9-10-11-12-13-14-15-16-17-18-21-29(35)34-24-25-40-31(37)22-23-32(38)42-27-28(43-33(39)20-6-3)26-41-30(36)19-5-2/h27H,4-26H2,1-3H3,(H,34,35)/b28-27-. The molecule has 0 saturated carbocycles. The first-order valence-electron chi connectivity index (χ1n) is 16.5. The molecule has 248 valence electrons. The molecule has 0 fully saturated rings. The smallest absolute Gasteiger partial charge is 0.311 e. The van der Waals surface area contributed by atoms with Crippen LogP contribution in [0, 0.1) is 0 Å². The number of carbonyl (C=O) groups excluding carboxylic acids is 5. The van der Waals surface area contributed by atoms with Crippen LogP contribution in [0.25, 0.3) is 0 Å². The molecule has 10 heteroatoms. The second-order valence-electron chi connectivity index (χ2n) is 10.8. The van der Waals surface area contributed by atoms with E-state index in [-0.39, 0.29) is 57.1 Å². The van der Waals surface area contributed by atoms with Crippen LogP contribution < -0.4 is 5.32 Å². The molecule has 0 heterocycles. The van der Waals surface area contributed by atoms with Crippen molar-refractivity contribution < 1.29 is 42.9 Å². The van der Waals surface area contributed by atoms with E-state index in [4.69, 9.17) is 18.9 Å². The maximum absolute atomic E-state index is 12.0. The van der Waals surface area contributed by atoms with Gasteiger partial charge in [-0.25, -0.2) is 0 Å². The highest BCUT2D eigenvalue weighted by Gasteiger charge is 2.13. The van der Waals surface area contributed by atoms with Crippen LogP contribution >= 0.6 is 0 Å². The molecular weight excluding hydrogens is 554 g/mol. The van der Waals surface area contributed by atoms with Crippen molar-refractivity contribution in [3.8, 4) is 0 Å².